The summed E-state index contributed by atoms with van der Waals surface area (Å²) < 4.78 is 0. The third-order valence-electron chi connectivity index (χ3n) is 4.71. The van der Waals surface area contributed by atoms with Crippen LogP contribution in [0.4, 0.5) is 5.69 Å². The topological polar surface area (TPSA) is 28.5 Å². The van der Waals surface area contributed by atoms with Crippen LogP contribution >= 0.6 is 12.2 Å². The second-order valence-corrected chi connectivity index (χ2v) is 6.89. The minimum absolute atomic E-state index is 0.384. The molecule has 0 aliphatic rings. The quantitative estimate of drug-likeness (QED) is 0.665. The molecule has 0 aliphatic heterocycles. The average molecular weight is 357 g/mol. The maximum absolute atomic E-state index is 5.53. The number of hydrogen-bond donors (Lipinski definition) is 3. The zero-order valence-electron chi connectivity index (χ0n) is 15.7. The molecule has 1 atom stereocenters. The van der Waals surface area contributed by atoms with Crippen molar-refractivity contribution in [1.29, 1.82) is 0 Å². The van der Waals surface area contributed by atoms with E-state index in [0.29, 0.717) is 11.2 Å². The van der Waals surface area contributed by atoms with Gasteiger partial charge in [-0.05, 0) is 57.1 Å². The maximum Gasteiger partial charge on any atom is 0.171 e. The van der Waals surface area contributed by atoms with Crippen LogP contribution in [0, 0.1) is 13.8 Å². The fraction of sp³-hybridized carbons (Fsp3) is 0.381. The molecule has 2 aromatic carbocycles. The lowest BCUT2D eigenvalue weighted by Gasteiger charge is -2.28. The van der Waals surface area contributed by atoms with Crippen molar-refractivity contribution < 1.29 is 4.90 Å². The molecule has 134 valence electrons. The number of benzene rings is 2. The first-order valence-electron chi connectivity index (χ1n) is 9.06. The van der Waals surface area contributed by atoms with Gasteiger partial charge < -0.3 is 15.5 Å². The third-order valence-corrected chi connectivity index (χ3v) is 4.96. The Morgan fingerprint density at radius 1 is 1.04 bits per heavy atom. The highest BCUT2D eigenvalue weighted by molar-refractivity contribution is 7.80. The van der Waals surface area contributed by atoms with Gasteiger partial charge in [-0.2, -0.15) is 0 Å². The molecule has 0 radical (unpaired) electrons. The largest absolute Gasteiger partial charge is 0.356 e. The molecule has 3 N–H and O–H groups in total. The van der Waals surface area contributed by atoms with Crippen LogP contribution in [0.1, 0.15) is 36.6 Å². The minimum Gasteiger partial charge on any atom is -0.356 e. The van der Waals surface area contributed by atoms with E-state index in [1.54, 1.807) is 4.90 Å². The molecule has 0 amide bonds. The van der Waals surface area contributed by atoms with E-state index in [-0.39, 0.29) is 0 Å². The monoisotopic (exact) mass is 356 g/mol. The summed E-state index contributed by atoms with van der Waals surface area (Å²) in [6, 6.07) is 17.5. The van der Waals surface area contributed by atoms with Gasteiger partial charge >= 0.3 is 0 Å². The lowest BCUT2D eigenvalue weighted by atomic mass is 10.1. The first kappa shape index (κ1) is 19.4. The number of aryl methyl sites for hydroxylation is 2. The molecule has 2 aromatic rings. The van der Waals surface area contributed by atoms with Gasteiger partial charge in [0.25, 0.3) is 0 Å². The number of anilines is 1. The minimum atomic E-state index is 0.384. The molecule has 0 heterocycles. The number of quaternary nitrogens is 1. The van der Waals surface area contributed by atoms with Crippen LogP contribution in [0.25, 0.3) is 0 Å². The molecule has 0 bridgehead atoms. The molecule has 0 spiro atoms. The standard InChI is InChI=1S/C21H29N3S/c1-5-24(6-2)20(18-10-8-7-9-11-18)15-22-21(25)23-19-14-16(3)12-13-17(19)4/h7-14,20H,5-6,15H2,1-4H3,(H2,22,23,25)/p+1/t20-/m1/s1. The Kier molecular flexibility index (Phi) is 7.41. The van der Waals surface area contributed by atoms with Gasteiger partial charge in [-0.1, -0.05) is 42.5 Å². The molecule has 0 aromatic heterocycles. The molecule has 0 aliphatic carbocycles. The zero-order valence-corrected chi connectivity index (χ0v) is 16.5. The number of nitrogens with one attached hydrogen (secondary N) is 3. The lowest BCUT2D eigenvalue weighted by molar-refractivity contribution is -0.927. The highest BCUT2D eigenvalue weighted by Crippen LogP contribution is 2.16. The first-order chi connectivity index (χ1) is 12.0. The first-order valence-corrected chi connectivity index (χ1v) is 9.47. The lowest BCUT2D eigenvalue weighted by Crippen LogP contribution is -3.12. The fourth-order valence-electron chi connectivity index (χ4n) is 3.16. The Morgan fingerprint density at radius 2 is 1.72 bits per heavy atom. The van der Waals surface area contributed by atoms with Crippen LogP contribution in [-0.4, -0.2) is 24.7 Å². The van der Waals surface area contributed by atoms with E-state index in [1.165, 1.54) is 16.7 Å². The number of likely N-dealkylation sites (N-methyl/N-ethyl adjacent to an activating group) is 1. The molecule has 25 heavy (non-hydrogen) atoms. The summed E-state index contributed by atoms with van der Waals surface area (Å²) in [6.07, 6.45) is 0. The van der Waals surface area contributed by atoms with Crippen LogP contribution in [-0.2, 0) is 0 Å². The number of hydrogen-bond acceptors (Lipinski definition) is 1. The summed E-state index contributed by atoms with van der Waals surface area (Å²) in [6.45, 7) is 11.7. The van der Waals surface area contributed by atoms with E-state index in [4.69, 9.17) is 12.2 Å². The summed E-state index contributed by atoms with van der Waals surface area (Å²) >= 11 is 5.53. The van der Waals surface area contributed by atoms with Gasteiger partial charge in [0.05, 0.1) is 19.6 Å². The van der Waals surface area contributed by atoms with E-state index < -0.39 is 0 Å². The van der Waals surface area contributed by atoms with Crippen LogP contribution in [0.2, 0.25) is 0 Å². The molecule has 0 unspecified atom stereocenters. The van der Waals surface area contributed by atoms with Crippen LogP contribution in [0.5, 0.6) is 0 Å². The summed E-state index contributed by atoms with van der Waals surface area (Å²) in [5.41, 5.74) is 4.85. The highest BCUT2D eigenvalue weighted by Gasteiger charge is 2.21. The molecule has 2 rings (SSSR count). The van der Waals surface area contributed by atoms with E-state index in [2.05, 4.69) is 86.9 Å². The molecule has 0 fully saturated rings. The Balaban J connectivity index is 2.04. The second-order valence-electron chi connectivity index (χ2n) is 6.48. The van der Waals surface area contributed by atoms with Crippen LogP contribution in [0.3, 0.4) is 0 Å². The second kappa shape index (κ2) is 9.54. The summed E-state index contributed by atoms with van der Waals surface area (Å²) in [5, 5.41) is 7.45. The predicted octanol–water partition coefficient (Wildman–Crippen LogP) is 3.26. The van der Waals surface area contributed by atoms with E-state index in [0.717, 1.165) is 25.3 Å². The van der Waals surface area contributed by atoms with Gasteiger partial charge in [-0.15, -0.1) is 0 Å². The van der Waals surface area contributed by atoms with E-state index in [9.17, 15) is 0 Å². The third kappa shape index (κ3) is 5.55. The normalized spacial score (nSPS) is 12.0. The number of rotatable bonds is 7. The van der Waals surface area contributed by atoms with Gasteiger partial charge in [0.15, 0.2) is 5.11 Å². The predicted molar refractivity (Wildman–Crippen MR) is 111 cm³/mol. The summed E-state index contributed by atoms with van der Waals surface area (Å²) in [4.78, 5) is 1.55. The average Bonchev–Trinajstić information content (AvgIpc) is 2.62. The van der Waals surface area contributed by atoms with Gasteiger partial charge in [0.2, 0.25) is 0 Å². The Morgan fingerprint density at radius 3 is 2.36 bits per heavy atom. The van der Waals surface area contributed by atoms with Crippen molar-refractivity contribution in [1.82, 2.24) is 5.32 Å². The Bertz CT molecular complexity index is 681. The maximum atomic E-state index is 5.53. The molecule has 0 saturated heterocycles. The SMILES string of the molecule is CC[NH+](CC)[C@H](CNC(=S)Nc1cc(C)ccc1C)c1ccccc1. The zero-order chi connectivity index (χ0) is 18.2. The Hall–Kier alpha value is -1.91. The van der Waals surface area contributed by atoms with Crippen molar-refractivity contribution in [3.63, 3.8) is 0 Å². The van der Waals surface area contributed by atoms with E-state index in [1.807, 2.05) is 0 Å². The summed E-state index contributed by atoms with van der Waals surface area (Å²) in [5.74, 6) is 0. The van der Waals surface area contributed by atoms with Crippen LogP contribution < -0.4 is 15.5 Å². The molecule has 4 heteroatoms. The van der Waals surface area contributed by atoms with Crippen LogP contribution in [0.15, 0.2) is 48.5 Å². The van der Waals surface area contributed by atoms with Crippen molar-refractivity contribution in [3.05, 3.63) is 65.2 Å². The highest BCUT2D eigenvalue weighted by atomic mass is 32.1. The smallest absolute Gasteiger partial charge is 0.171 e. The molecular weight excluding hydrogens is 326 g/mol. The number of thiocarbonyl (C=S) groups is 1. The van der Waals surface area contributed by atoms with Gasteiger partial charge in [0.1, 0.15) is 6.04 Å². The molecule has 0 saturated carbocycles. The Labute approximate surface area is 157 Å². The van der Waals surface area contributed by atoms with Gasteiger partial charge in [-0.25, -0.2) is 0 Å². The van der Waals surface area contributed by atoms with E-state index >= 15 is 0 Å². The summed E-state index contributed by atoms with van der Waals surface area (Å²) in [7, 11) is 0. The van der Waals surface area contributed by atoms with Crippen molar-refractivity contribution >= 4 is 23.0 Å². The fourth-order valence-corrected chi connectivity index (χ4v) is 3.35. The van der Waals surface area contributed by atoms with Crippen molar-refractivity contribution in [2.24, 2.45) is 0 Å². The van der Waals surface area contributed by atoms with Crippen molar-refractivity contribution in [2.75, 3.05) is 25.0 Å². The van der Waals surface area contributed by atoms with Crippen molar-refractivity contribution in [3.8, 4) is 0 Å². The molecular formula is C21H30N3S+. The van der Waals surface area contributed by atoms with Gasteiger partial charge in [0, 0.05) is 11.3 Å². The van der Waals surface area contributed by atoms with Crippen molar-refractivity contribution in [2.45, 2.75) is 33.7 Å². The van der Waals surface area contributed by atoms with Gasteiger partial charge in [-0.3, -0.25) is 0 Å². The molecule has 3 nitrogen and oxygen atoms in total.